The van der Waals surface area contributed by atoms with Crippen molar-refractivity contribution in [3.63, 3.8) is 0 Å². The van der Waals surface area contributed by atoms with E-state index < -0.39 is 151 Å². The second-order valence-electron chi connectivity index (χ2n) is 16.5. The molecule has 28 heteroatoms. The molecule has 0 unspecified atom stereocenters. The molecule has 0 radical (unpaired) electrons. The quantitative estimate of drug-likeness (QED) is 0.0284. The topological polar surface area (TPSA) is 368 Å². The van der Waals surface area contributed by atoms with E-state index in [9.17, 15) is 60.4 Å². The molecule has 8 rings (SSSR count). The summed E-state index contributed by atoms with van der Waals surface area (Å²) in [5, 5.41) is 54.3. The lowest BCUT2D eigenvalue weighted by atomic mass is 9.93. The van der Waals surface area contributed by atoms with Gasteiger partial charge < -0.3 is 47.9 Å². The standard InChI is InChI=1S/C43H38N8O20/c1-43(2)70-36-32(46-47-44)33(68-42(36)71-43)29(64-38(53)23-13-25(48(55)56)17-26(14-23)49(57)58)19-45-31-34-30(20-63-40(67-34)22-11-7-4-8-12-22)65-41(69-37(52)21-9-5-3-6-10-21)35(31)66-39(54)24-15-27(50(59)60)18-28(16-24)51(61)62/h3-18,29-36,40-42,45H,19-20H2,1-2H3/t29-,30-,31-,32+,33-,34-,35+,36-,40-,41-,42-/m1/s1. The number of rotatable bonds is 16. The summed E-state index contributed by atoms with van der Waals surface area (Å²) >= 11 is 0. The number of non-ortho nitro benzene ring substituents is 4. The molecule has 4 aliphatic rings. The van der Waals surface area contributed by atoms with Crippen LogP contribution in [-0.4, -0.2) is 118 Å². The first kappa shape index (κ1) is 49.3. The highest BCUT2D eigenvalue weighted by Gasteiger charge is 2.58. The highest BCUT2D eigenvalue weighted by molar-refractivity contribution is 5.92. The van der Waals surface area contributed by atoms with E-state index in [2.05, 4.69) is 15.3 Å². The summed E-state index contributed by atoms with van der Waals surface area (Å²) in [6, 6.07) is 17.3. The van der Waals surface area contributed by atoms with Gasteiger partial charge in [-0.3, -0.25) is 40.5 Å². The number of nitro benzene ring substituents is 4. The smallest absolute Gasteiger partial charge is 0.340 e. The van der Waals surface area contributed by atoms with E-state index in [0.29, 0.717) is 17.7 Å². The van der Waals surface area contributed by atoms with Crippen molar-refractivity contribution in [2.75, 3.05) is 13.2 Å². The van der Waals surface area contributed by atoms with Crippen molar-refractivity contribution in [3.8, 4) is 0 Å². The lowest BCUT2D eigenvalue weighted by Crippen LogP contribution is -2.68. The van der Waals surface area contributed by atoms with Gasteiger partial charge in [0, 0.05) is 41.3 Å². The molecule has 4 heterocycles. The molecule has 28 nitrogen and oxygen atoms in total. The maximum absolute atomic E-state index is 14.2. The van der Waals surface area contributed by atoms with Crippen molar-refractivity contribution in [1.29, 1.82) is 0 Å². The van der Waals surface area contributed by atoms with Crippen LogP contribution >= 0.6 is 0 Å². The molecule has 370 valence electrons. The van der Waals surface area contributed by atoms with E-state index in [1.54, 1.807) is 50.2 Å². The maximum Gasteiger partial charge on any atom is 0.340 e. The number of ether oxygens (including phenoxy) is 9. The van der Waals surface area contributed by atoms with E-state index in [-0.39, 0.29) is 12.2 Å². The fourth-order valence-electron chi connectivity index (χ4n) is 8.31. The normalized spacial score (nSPS) is 26.6. The number of benzene rings is 4. The van der Waals surface area contributed by atoms with Gasteiger partial charge in [0.2, 0.25) is 6.29 Å². The van der Waals surface area contributed by atoms with E-state index in [0.717, 1.165) is 24.3 Å². The first-order chi connectivity index (χ1) is 33.9. The fourth-order valence-corrected chi connectivity index (χ4v) is 8.31. The molecule has 0 spiro atoms. The number of nitrogens with zero attached hydrogens (tertiary/aromatic N) is 7. The lowest BCUT2D eigenvalue weighted by Gasteiger charge is -2.49. The van der Waals surface area contributed by atoms with Gasteiger partial charge in [-0.2, -0.15) is 0 Å². The van der Waals surface area contributed by atoms with Crippen LogP contribution in [0.3, 0.4) is 0 Å². The Morgan fingerprint density at radius 2 is 1.28 bits per heavy atom. The maximum atomic E-state index is 14.2. The first-order valence-electron chi connectivity index (χ1n) is 21.2. The Labute approximate surface area is 397 Å². The molecule has 1 N–H and O–H groups in total. The summed E-state index contributed by atoms with van der Waals surface area (Å²) in [6.07, 6.45) is -12.9. The molecule has 4 saturated heterocycles. The predicted octanol–water partition coefficient (Wildman–Crippen LogP) is 5.28. The van der Waals surface area contributed by atoms with Gasteiger partial charge in [0.15, 0.2) is 24.5 Å². The van der Waals surface area contributed by atoms with Crippen LogP contribution in [0.5, 0.6) is 0 Å². The molecule has 4 fully saturated rings. The summed E-state index contributed by atoms with van der Waals surface area (Å²) in [5.74, 6) is -5.03. The van der Waals surface area contributed by atoms with E-state index in [1.807, 2.05) is 0 Å². The van der Waals surface area contributed by atoms with E-state index in [1.165, 1.54) is 24.3 Å². The molecule has 0 aliphatic carbocycles. The van der Waals surface area contributed by atoms with Gasteiger partial charge >= 0.3 is 17.9 Å². The number of fused-ring (bicyclic) bond motifs is 2. The van der Waals surface area contributed by atoms with Crippen LogP contribution in [0.15, 0.2) is 102 Å². The monoisotopic (exact) mass is 986 g/mol. The zero-order valence-corrected chi connectivity index (χ0v) is 36.8. The molecular weight excluding hydrogens is 949 g/mol. The number of hydrogen-bond donors (Lipinski definition) is 1. The largest absolute Gasteiger partial charge is 0.455 e. The molecule has 71 heavy (non-hydrogen) atoms. The Bertz CT molecular complexity index is 2730. The molecule has 11 atom stereocenters. The van der Waals surface area contributed by atoms with Crippen molar-refractivity contribution in [2.45, 2.75) is 87.2 Å². The second-order valence-corrected chi connectivity index (χ2v) is 16.5. The molecule has 4 aromatic rings. The average Bonchev–Trinajstić information content (AvgIpc) is 3.84. The zero-order chi connectivity index (χ0) is 50.7. The minimum atomic E-state index is -1.90. The Morgan fingerprint density at radius 1 is 0.732 bits per heavy atom. The molecule has 0 amide bonds. The van der Waals surface area contributed by atoms with Gasteiger partial charge in [-0.15, -0.1) is 0 Å². The van der Waals surface area contributed by atoms with Crippen LogP contribution in [0.4, 0.5) is 22.7 Å². The van der Waals surface area contributed by atoms with Crippen molar-refractivity contribution in [2.24, 2.45) is 5.11 Å². The Morgan fingerprint density at radius 3 is 1.85 bits per heavy atom. The summed E-state index contributed by atoms with van der Waals surface area (Å²) < 4.78 is 54.5. The molecule has 0 aromatic heterocycles. The molecule has 4 aromatic carbocycles. The Hall–Kier alpha value is -8.08. The minimum Gasteiger partial charge on any atom is -0.455 e. The van der Waals surface area contributed by atoms with Crippen LogP contribution in [0.25, 0.3) is 10.4 Å². The van der Waals surface area contributed by atoms with E-state index >= 15 is 0 Å². The molecule has 0 saturated carbocycles. The molecule has 0 bridgehead atoms. The van der Waals surface area contributed by atoms with Gasteiger partial charge in [0.05, 0.1) is 67.2 Å². The van der Waals surface area contributed by atoms with Gasteiger partial charge in [-0.05, 0) is 31.5 Å². The zero-order valence-electron chi connectivity index (χ0n) is 36.8. The van der Waals surface area contributed by atoms with Gasteiger partial charge in [0.25, 0.3) is 22.7 Å². The number of esters is 3. The third kappa shape index (κ3) is 10.9. The van der Waals surface area contributed by atoms with Crippen LogP contribution in [-0.2, 0) is 42.6 Å². The minimum absolute atomic E-state index is 0.0106. The van der Waals surface area contributed by atoms with Crippen LogP contribution in [0.2, 0.25) is 0 Å². The number of nitro groups is 4. The Kier molecular flexibility index (Phi) is 14.2. The summed E-state index contributed by atoms with van der Waals surface area (Å²) in [7, 11) is 0. The van der Waals surface area contributed by atoms with Crippen LogP contribution in [0.1, 0.15) is 56.8 Å². The van der Waals surface area contributed by atoms with E-state index in [4.69, 9.17) is 42.6 Å². The highest BCUT2D eigenvalue weighted by Crippen LogP contribution is 2.42. The molecule has 4 aliphatic heterocycles. The molecular formula is C43H38N8O20. The fraction of sp³-hybridized carbons (Fsp3) is 0.372. The number of nitrogens with one attached hydrogen (secondary N) is 1. The van der Waals surface area contributed by atoms with Crippen molar-refractivity contribution >= 4 is 40.7 Å². The van der Waals surface area contributed by atoms with Crippen molar-refractivity contribution in [3.05, 3.63) is 170 Å². The summed E-state index contributed by atoms with van der Waals surface area (Å²) in [5.41, 5.74) is 5.53. The predicted molar refractivity (Wildman–Crippen MR) is 232 cm³/mol. The Balaban J connectivity index is 1.22. The number of azide groups is 1. The third-order valence-corrected chi connectivity index (χ3v) is 11.4. The average molecular weight is 987 g/mol. The number of carbonyl (C=O) groups is 3. The second kappa shape index (κ2) is 20.5. The van der Waals surface area contributed by atoms with Gasteiger partial charge in [-0.1, -0.05) is 53.6 Å². The third-order valence-electron chi connectivity index (χ3n) is 11.4. The summed E-state index contributed by atoms with van der Waals surface area (Å²) in [4.78, 5) is 88.4. The van der Waals surface area contributed by atoms with Gasteiger partial charge in [0.1, 0.15) is 30.5 Å². The lowest BCUT2D eigenvalue weighted by molar-refractivity contribution is -0.394. The van der Waals surface area contributed by atoms with Crippen LogP contribution in [0, 0.1) is 40.5 Å². The van der Waals surface area contributed by atoms with Gasteiger partial charge in [-0.25, -0.2) is 14.4 Å². The van der Waals surface area contributed by atoms with Crippen molar-refractivity contribution < 1.29 is 76.7 Å². The number of carbonyl (C=O) groups excluding carboxylic acids is 3. The summed E-state index contributed by atoms with van der Waals surface area (Å²) in [6.45, 7) is 2.20. The first-order valence-corrected chi connectivity index (χ1v) is 21.2. The van der Waals surface area contributed by atoms with Crippen molar-refractivity contribution in [1.82, 2.24) is 5.32 Å². The highest BCUT2D eigenvalue weighted by atomic mass is 16.8. The van der Waals surface area contributed by atoms with Crippen LogP contribution < -0.4 is 5.32 Å². The number of hydrogen-bond acceptors (Lipinski definition) is 22. The SMILES string of the molecule is CC1(C)O[C@H]2O[C@H]([C@@H](CN[C@H]3[C@H](OC(=O)c4cc([N+](=O)[O-])cc([N+](=O)[O-])c4)[C@@H](OC(=O)c4ccccc4)O[C@@H]4CO[C@@H](c5ccccc5)O[C@@H]34)OC(=O)c3cc([N+](=O)[O-])cc([N+](=O)[O-])c3)[C@H](N=[N+]=[N-])[C@H]2O1.